The maximum Gasteiger partial charge on any atom is 0.179 e. The first-order chi connectivity index (χ1) is 8.54. The molecular formula is C13H17N3S2. The molecule has 0 aliphatic carbocycles. The summed E-state index contributed by atoms with van der Waals surface area (Å²) in [7, 11) is 0. The van der Waals surface area contributed by atoms with E-state index in [1.807, 2.05) is 13.8 Å². The zero-order valence-corrected chi connectivity index (χ0v) is 12.4. The molecule has 2 rings (SSSR count). The highest BCUT2D eigenvalue weighted by atomic mass is 32.2. The topological polar surface area (TPSA) is 51.8 Å². The van der Waals surface area contributed by atoms with Crippen LogP contribution >= 0.6 is 23.1 Å². The van der Waals surface area contributed by atoms with Gasteiger partial charge < -0.3 is 5.73 Å². The Kier molecular flexibility index (Phi) is 4.37. The molecule has 1 aromatic carbocycles. The summed E-state index contributed by atoms with van der Waals surface area (Å²) in [5.41, 5.74) is 8.38. The van der Waals surface area contributed by atoms with Crippen LogP contribution in [0.15, 0.2) is 27.4 Å². The van der Waals surface area contributed by atoms with Crippen molar-refractivity contribution in [2.24, 2.45) is 5.73 Å². The summed E-state index contributed by atoms with van der Waals surface area (Å²) < 4.78 is 0.996. The van der Waals surface area contributed by atoms with Gasteiger partial charge in [-0.3, -0.25) is 0 Å². The van der Waals surface area contributed by atoms with Crippen LogP contribution in [-0.4, -0.2) is 16.2 Å². The van der Waals surface area contributed by atoms with Gasteiger partial charge in [-0.1, -0.05) is 35.2 Å². The lowest BCUT2D eigenvalue weighted by atomic mass is 10.1. The van der Waals surface area contributed by atoms with E-state index in [9.17, 15) is 0 Å². The first-order valence-corrected chi connectivity index (χ1v) is 7.51. The molecule has 2 aromatic rings. The number of benzene rings is 1. The third kappa shape index (κ3) is 3.54. The van der Waals surface area contributed by atoms with Crippen LogP contribution in [0.25, 0.3) is 0 Å². The molecule has 3 nitrogen and oxygen atoms in total. The lowest BCUT2D eigenvalue weighted by Crippen LogP contribution is -2.17. The van der Waals surface area contributed by atoms with E-state index in [0.717, 1.165) is 15.8 Å². The molecule has 2 N–H and O–H groups in total. The normalized spacial score (nSPS) is 12.7. The van der Waals surface area contributed by atoms with Gasteiger partial charge in [-0.15, -0.1) is 10.2 Å². The summed E-state index contributed by atoms with van der Waals surface area (Å²) in [5, 5.41) is 9.17. The molecule has 5 heteroatoms. The van der Waals surface area contributed by atoms with Gasteiger partial charge in [0.05, 0.1) is 0 Å². The van der Waals surface area contributed by atoms with E-state index in [0.29, 0.717) is 0 Å². The van der Waals surface area contributed by atoms with Crippen molar-refractivity contribution in [2.45, 2.75) is 42.5 Å². The number of aryl methyl sites for hydroxylation is 2. The lowest BCUT2D eigenvalue weighted by molar-refractivity contribution is 0.737. The van der Waals surface area contributed by atoms with E-state index in [2.05, 4.69) is 35.3 Å². The van der Waals surface area contributed by atoms with Crippen LogP contribution in [0.2, 0.25) is 0 Å². The minimum atomic E-state index is 0.203. The van der Waals surface area contributed by atoms with Crippen molar-refractivity contribution in [2.75, 3.05) is 0 Å². The van der Waals surface area contributed by atoms with E-state index in [-0.39, 0.29) is 6.04 Å². The molecule has 0 radical (unpaired) electrons. The lowest BCUT2D eigenvalue weighted by Gasteiger charge is -2.08. The van der Waals surface area contributed by atoms with Crippen LogP contribution in [0.4, 0.5) is 0 Å². The van der Waals surface area contributed by atoms with E-state index >= 15 is 0 Å². The zero-order valence-electron chi connectivity index (χ0n) is 10.8. The Balaban J connectivity index is 2.14. The predicted octanol–water partition coefficient (Wildman–Crippen LogP) is 3.20. The second-order valence-electron chi connectivity index (χ2n) is 4.47. The highest BCUT2D eigenvalue weighted by Gasteiger charge is 2.07. The van der Waals surface area contributed by atoms with Gasteiger partial charge in [0.25, 0.3) is 0 Å². The Morgan fingerprint density at radius 3 is 2.67 bits per heavy atom. The summed E-state index contributed by atoms with van der Waals surface area (Å²) >= 11 is 3.30. The molecule has 1 atom stereocenters. The van der Waals surface area contributed by atoms with Gasteiger partial charge in [0, 0.05) is 10.9 Å². The predicted molar refractivity (Wildman–Crippen MR) is 77.3 cm³/mol. The van der Waals surface area contributed by atoms with Gasteiger partial charge in [0.15, 0.2) is 4.34 Å². The van der Waals surface area contributed by atoms with Crippen LogP contribution in [0.3, 0.4) is 0 Å². The summed E-state index contributed by atoms with van der Waals surface area (Å²) in [6, 6.07) is 6.70. The van der Waals surface area contributed by atoms with Gasteiger partial charge in [0.2, 0.25) is 0 Å². The molecule has 96 valence electrons. The van der Waals surface area contributed by atoms with Crippen molar-refractivity contribution in [3.8, 4) is 0 Å². The molecule has 18 heavy (non-hydrogen) atoms. The monoisotopic (exact) mass is 279 g/mol. The van der Waals surface area contributed by atoms with Crippen LogP contribution in [0.1, 0.15) is 23.1 Å². The molecule has 0 bridgehead atoms. The summed E-state index contributed by atoms with van der Waals surface area (Å²) in [4.78, 5) is 1.24. The van der Waals surface area contributed by atoms with E-state index in [1.165, 1.54) is 16.0 Å². The Morgan fingerprint density at radius 2 is 2.11 bits per heavy atom. The molecular weight excluding hydrogens is 262 g/mol. The molecule has 1 unspecified atom stereocenters. The first kappa shape index (κ1) is 13.5. The van der Waals surface area contributed by atoms with Crippen molar-refractivity contribution in [1.29, 1.82) is 0 Å². The van der Waals surface area contributed by atoms with Gasteiger partial charge in [-0.25, -0.2) is 0 Å². The molecule has 0 amide bonds. The third-order valence-corrected chi connectivity index (χ3v) is 4.57. The second kappa shape index (κ2) is 5.82. The fraction of sp³-hybridized carbons (Fsp3) is 0.385. The van der Waals surface area contributed by atoms with Crippen LogP contribution in [-0.2, 0) is 6.42 Å². The first-order valence-electron chi connectivity index (χ1n) is 5.87. The number of rotatable bonds is 4. The third-order valence-electron chi connectivity index (χ3n) is 2.50. The fourth-order valence-electron chi connectivity index (χ4n) is 1.74. The molecule has 0 aliphatic heterocycles. The number of hydrogen-bond acceptors (Lipinski definition) is 5. The molecule has 0 saturated carbocycles. The maximum atomic E-state index is 5.82. The van der Waals surface area contributed by atoms with Gasteiger partial charge >= 0.3 is 0 Å². The highest BCUT2D eigenvalue weighted by Crippen LogP contribution is 2.32. The van der Waals surface area contributed by atoms with E-state index in [4.69, 9.17) is 5.73 Å². The van der Waals surface area contributed by atoms with Crippen LogP contribution in [0, 0.1) is 13.8 Å². The van der Waals surface area contributed by atoms with Crippen LogP contribution in [0.5, 0.6) is 0 Å². The minimum Gasteiger partial charge on any atom is -0.328 e. The number of hydrogen-bond donors (Lipinski definition) is 1. The SMILES string of the molecule is Cc1nnc(Sc2ccc(CC(C)N)cc2C)s1. The summed E-state index contributed by atoms with van der Waals surface area (Å²) in [5.74, 6) is 0. The number of nitrogens with zero attached hydrogens (tertiary/aromatic N) is 2. The maximum absolute atomic E-state index is 5.82. The number of nitrogens with two attached hydrogens (primary N) is 1. The summed E-state index contributed by atoms with van der Waals surface area (Å²) in [6.07, 6.45) is 0.920. The molecule has 0 spiro atoms. The van der Waals surface area contributed by atoms with Crippen molar-refractivity contribution in [1.82, 2.24) is 10.2 Å². The molecule has 0 fully saturated rings. The fourth-order valence-corrected chi connectivity index (χ4v) is 3.58. The smallest absolute Gasteiger partial charge is 0.179 e. The minimum absolute atomic E-state index is 0.203. The molecule has 0 saturated heterocycles. The average molecular weight is 279 g/mol. The van der Waals surface area contributed by atoms with Crippen molar-refractivity contribution < 1.29 is 0 Å². The summed E-state index contributed by atoms with van der Waals surface area (Å²) in [6.45, 7) is 6.13. The Morgan fingerprint density at radius 1 is 1.33 bits per heavy atom. The van der Waals surface area contributed by atoms with Crippen molar-refractivity contribution >= 4 is 23.1 Å². The Labute approximate surface area is 116 Å². The molecule has 1 heterocycles. The quantitative estimate of drug-likeness (QED) is 0.934. The van der Waals surface area contributed by atoms with Gasteiger partial charge in [-0.2, -0.15) is 0 Å². The Hall–Kier alpha value is -0.910. The number of aromatic nitrogens is 2. The zero-order chi connectivity index (χ0) is 13.1. The van der Waals surface area contributed by atoms with Gasteiger partial charge in [-0.05, 0) is 44.4 Å². The van der Waals surface area contributed by atoms with Crippen molar-refractivity contribution in [3.63, 3.8) is 0 Å². The Bertz CT molecular complexity index is 535. The van der Waals surface area contributed by atoms with E-state index in [1.54, 1.807) is 23.1 Å². The highest BCUT2D eigenvalue weighted by molar-refractivity contribution is 8.01. The largest absolute Gasteiger partial charge is 0.328 e. The molecule has 0 aliphatic rings. The second-order valence-corrected chi connectivity index (χ2v) is 6.94. The molecule has 1 aromatic heterocycles. The average Bonchev–Trinajstić information content (AvgIpc) is 2.67. The van der Waals surface area contributed by atoms with Crippen LogP contribution < -0.4 is 5.73 Å². The van der Waals surface area contributed by atoms with Crippen molar-refractivity contribution in [3.05, 3.63) is 34.3 Å². The standard InChI is InChI=1S/C13H17N3S2/c1-8-6-11(7-9(2)14)4-5-12(8)18-13-16-15-10(3)17-13/h4-6,9H,7,14H2,1-3H3. The van der Waals surface area contributed by atoms with Gasteiger partial charge in [0.1, 0.15) is 5.01 Å². The van der Waals surface area contributed by atoms with E-state index < -0.39 is 0 Å².